The molecule has 0 atom stereocenters. The molecule has 0 aliphatic carbocycles. The molecule has 98 valence electrons. The summed E-state index contributed by atoms with van der Waals surface area (Å²) in [7, 11) is 0. The van der Waals surface area contributed by atoms with E-state index in [1.165, 1.54) is 0 Å². The molecular weight excluding hydrogens is 298 g/mol. The van der Waals surface area contributed by atoms with Crippen LogP contribution in [0.4, 0.5) is 4.79 Å². The Bertz CT molecular complexity index is 418. The molecule has 3 amide bonds. The minimum atomic E-state index is -0.422. The lowest BCUT2D eigenvalue weighted by atomic mass is 10.2. The first-order chi connectivity index (χ1) is 8.49. The van der Waals surface area contributed by atoms with Gasteiger partial charge in [-0.05, 0) is 30.2 Å². The number of rotatable bonds is 3. The summed E-state index contributed by atoms with van der Waals surface area (Å²) in [6.07, 6.45) is 0. The highest BCUT2D eigenvalue weighted by Crippen LogP contribution is 2.09. The van der Waals surface area contributed by atoms with Gasteiger partial charge in [0.05, 0.1) is 0 Å². The largest absolute Gasteiger partial charge is 0.336 e. The number of amides is 3. The summed E-state index contributed by atoms with van der Waals surface area (Å²) in [6, 6.07) is 6.41. The average Bonchev–Trinajstić information content (AvgIpc) is 2.34. The molecule has 3 N–H and O–H groups in total. The van der Waals surface area contributed by atoms with E-state index >= 15 is 0 Å². The van der Waals surface area contributed by atoms with Gasteiger partial charge in [-0.15, -0.1) is 0 Å². The molecule has 0 spiro atoms. The Morgan fingerprint density at radius 1 is 1.17 bits per heavy atom. The van der Waals surface area contributed by atoms with Gasteiger partial charge < -0.3 is 5.32 Å². The van der Waals surface area contributed by atoms with E-state index in [1.807, 2.05) is 13.8 Å². The molecule has 0 radical (unpaired) electrons. The van der Waals surface area contributed by atoms with E-state index in [0.717, 1.165) is 4.47 Å². The van der Waals surface area contributed by atoms with Crippen molar-refractivity contribution in [2.24, 2.45) is 5.92 Å². The van der Waals surface area contributed by atoms with Crippen LogP contribution in [0.15, 0.2) is 28.7 Å². The van der Waals surface area contributed by atoms with Crippen LogP contribution >= 0.6 is 15.9 Å². The number of halogens is 1. The molecule has 0 saturated carbocycles. The molecule has 0 heterocycles. The second kappa shape index (κ2) is 7.00. The normalized spacial score (nSPS) is 10.0. The first-order valence-electron chi connectivity index (χ1n) is 5.59. The molecule has 0 aromatic heterocycles. The zero-order chi connectivity index (χ0) is 13.5. The maximum Gasteiger partial charge on any atom is 0.333 e. The van der Waals surface area contributed by atoms with Crippen molar-refractivity contribution in [1.29, 1.82) is 0 Å². The summed E-state index contributed by atoms with van der Waals surface area (Å²) in [6.45, 7) is 4.53. The third-order valence-corrected chi connectivity index (χ3v) is 2.60. The van der Waals surface area contributed by atoms with Crippen molar-refractivity contribution in [1.82, 2.24) is 16.2 Å². The van der Waals surface area contributed by atoms with Crippen LogP contribution in [0, 0.1) is 5.92 Å². The lowest BCUT2D eigenvalue weighted by Crippen LogP contribution is -2.47. The summed E-state index contributed by atoms with van der Waals surface area (Å²) >= 11 is 3.28. The fourth-order valence-electron chi connectivity index (χ4n) is 1.13. The third-order valence-electron chi connectivity index (χ3n) is 2.07. The Balaban J connectivity index is 2.37. The highest BCUT2D eigenvalue weighted by Gasteiger charge is 2.06. The van der Waals surface area contributed by atoms with E-state index in [0.29, 0.717) is 18.0 Å². The lowest BCUT2D eigenvalue weighted by Gasteiger charge is -2.10. The van der Waals surface area contributed by atoms with Gasteiger partial charge in [0, 0.05) is 16.6 Å². The molecule has 0 bridgehead atoms. The standard InChI is InChI=1S/C12H16BrN3O2/c1-8(2)7-14-12(18)16-15-11(17)9-3-5-10(13)6-4-9/h3-6,8H,7H2,1-2H3,(H,15,17)(H2,14,16,18). The van der Waals surface area contributed by atoms with Gasteiger partial charge in [0.25, 0.3) is 5.91 Å². The second-order valence-corrected chi connectivity index (χ2v) is 5.11. The number of hydrogen-bond donors (Lipinski definition) is 3. The summed E-state index contributed by atoms with van der Waals surface area (Å²) in [5.74, 6) is 0.000113. The third kappa shape index (κ3) is 5.18. The van der Waals surface area contributed by atoms with Gasteiger partial charge >= 0.3 is 6.03 Å². The Morgan fingerprint density at radius 3 is 2.33 bits per heavy atom. The molecule has 0 aliphatic rings. The van der Waals surface area contributed by atoms with Crippen LogP contribution in [-0.2, 0) is 0 Å². The predicted molar refractivity (Wildman–Crippen MR) is 73.0 cm³/mol. The zero-order valence-electron chi connectivity index (χ0n) is 10.3. The van der Waals surface area contributed by atoms with Crippen LogP contribution in [0.3, 0.4) is 0 Å². The monoisotopic (exact) mass is 313 g/mol. The number of benzene rings is 1. The van der Waals surface area contributed by atoms with Gasteiger partial charge in [-0.1, -0.05) is 29.8 Å². The molecule has 6 heteroatoms. The van der Waals surface area contributed by atoms with E-state index in [-0.39, 0.29) is 5.91 Å². The molecule has 0 unspecified atom stereocenters. The topological polar surface area (TPSA) is 70.2 Å². The predicted octanol–water partition coefficient (Wildman–Crippen LogP) is 2.05. The molecule has 5 nitrogen and oxygen atoms in total. The van der Waals surface area contributed by atoms with Crippen molar-refractivity contribution < 1.29 is 9.59 Å². The quantitative estimate of drug-likeness (QED) is 0.747. The smallest absolute Gasteiger partial charge is 0.333 e. The average molecular weight is 314 g/mol. The highest BCUT2D eigenvalue weighted by molar-refractivity contribution is 9.10. The summed E-state index contributed by atoms with van der Waals surface area (Å²) in [4.78, 5) is 22.9. The van der Waals surface area contributed by atoms with Crippen molar-refractivity contribution >= 4 is 27.9 Å². The highest BCUT2D eigenvalue weighted by atomic mass is 79.9. The number of carbonyl (C=O) groups excluding carboxylic acids is 2. The molecule has 1 aromatic carbocycles. The lowest BCUT2D eigenvalue weighted by molar-refractivity contribution is 0.0936. The summed E-state index contributed by atoms with van der Waals surface area (Å²) in [5.41, 5.74) is 5.09. The van der Waals surface area contributed by atoms with Gasteiger partial charge in [0.1, 0.15) is 0 Å². The van der Waals surface area contributed by atoms with Crippen molar-refractivity contribution in [3.63, 3.8) is 0 Å². The van der Waals surface area contributed by atoms with E-state index in [9.17, 15) is 9.59 Å². The first kappa shape index (κ1) is 14.5. The molecular formula is C12H16BrN3O2. The Labute approximate surface area is 114 Å². The number of hydrazine groups is 1. The molecule has 1 rings (SSSR count). The van der Waals surface area contributed by atoms with Crippen molar-refractivity contribution in [3.8, 4) is 0 Å². The van der Waals surface area contributed by atoms with Gasteiger partial charge in [-0.3, -0.25) is 10.2 Å². The number of urea groups is 1. The number of carbonyl (C=O) groups is 2. The molecule has 1 aromatic rings. The van der Waals surface area contributed by atoms with Gasteiger partial charge in [0.15, 0.2) is 0 Å². The Hall–Kier alpha value is -1.56. The van der Waals surface area contributed by atoms with Crippen molar-refractivity contribution in [2.75, 3.05) is 6.54 Å². The molecule has 18 heavy (non-hydrogen) atoms. The van der Waals surface area contributed by atoms with Crippen LogP contribution < -0.4 is 16.2 Å². The summed E-state index contributed by atoms with van der Waals surface area (Å²) < 4.78 is 0.890. The van der Waals surface area contributed by atoms with E-state index in [2.05, 4.69) is 32.1 Å². The van der Waals surface area contributed by atoms with Gasteiger partial charge in [-0.2, -0.15) is 0 Å². The SMILES string of the molecule is CC(C)CNC(=O)NNC(=O)c1ccc(Br)cc1. The van der Waals surface area contributed by atoms with Crippen molar-refractivity contribution in [2.45, 2.75) is 13.8 Å². The Kier molecular flexibility index (Phi) is 5.64. The van der Waals surface area contributed by atoms with Gasteiger partial charge in [0.2, 0.25) is 0 Å². The number of nitrogens with one attached hydrogen (secondary N) is 3. The number of hydrogen-bond acceptors (Lipinski definition) is 2. The van der Waals surface area contributed by atoms with Crippen LogP contribution in [0.25, 0.3) is 0 Å². The molecule has 0 aliphatic heterocycles. The zero-order valence-corrected chi connectivity index (χ0v) is 11.9. The van der Waals surface area contributed by atoms with Gasteiger partial charge in [-0.25, -0.2) is 10.2 Å². The van der Waals surface area contributed by atoms with Crippen LogP contribution in [-0.4, -0.2) is 18.5 Å². The van der Waals surface area contributed by atoms with E-state index in [1.54, 1.807) is 24.3 Å². The van der Waals surface area contributed by atoms with Crippen LogP contribution in [0.5, 0.6) is 0 Å². The first-order valence-corrected chi connectivity index (χ1v) is 6.38. The maximum absolute atomic E-state index is 11.6. The second-order valence-electron chi connectivity index (χ2n) is 4.19. The Morgan fingerprint density at radius 2 is 1.78 bits per heavy atom. The van der Waals surface area contributed by atoms with Crippen molar-refractivity contribution in [3.05, 3.63) is 34.3 Å². The van der Waals surface area contributed by atoms with Crippen LogP contribution in [0.2, 0.25) is 0 Å². The molecule has 0 saturated heterocycles. The van der Waals surface area contributed by atoms with E-state index in [4.69, 9.17) is 0 Å². The fraction of sp³-hybridized carbons (Fsp3) is 0.333. The minimum Gasteiger partial charge on any atom is -0.336 e. The maximum atomic E-state index is 11.6. The molecule has 0 fully saturated rings. The fourth-order valence-corrected chi connectivity index (χ4v) is 1.39. The van der Waals surface area contributed by atoms with Crippen LogP contribution in [0.1, 0.15) is 24.2 Å². The minimum absolute atomic E-state index is 0.359. The summed E-state index contributed by atoms with van der Waals surface area (Å²) in [5, 5.41) is 2.63. The van der Waals surface area contributed by atoms with E-state index < -0.39 is 6.03 Å².